The minimum Gasteiger partial charge on any atom is -0.491 e. The smallest absolute Gasteiger partial charge is 0.119 e. The summed E-state index contributed by atoms with van der Waals surface area (Å²) in [7, 11) is 1.97. The van der Waals surface area contributed by atoms with E-state index in [0.29, 0.717) is 12.6 Å². The van der Waals surface area contributed by atoms with Gasteiger partial charge in [-0.25, -0.2) is 0 Å². The second-order valence-electron chi connectivity index (χ2n) is 4.92. The third-order valence-electron chi connectivity index (χ3n) is 2.63. The van der Waals surface area contributed by atoms with Crippen LogP contribution in [0.25, 0.3) is 0 Å². The maximum absolute atomic E-state index is 9.56. The largest absolute Gasteiger partial charge is 0.491 e. The fourth-order valence-corrected chi connectivity index (χ4v) is 1.66. The predicted octanol–water partition coefficient (Wildman–Crippen LogP) is 2.51. The van der Waals surface area contributed by atoms with Gasteiger partial charge in [-0.15, -0.1) is 0 Å². The van der Waals surface area contributed by atoms with Gasteiger partial charge in [-0.1, -0.05) is 19.1 Å². The Bertz CT molecular complexity index is 323. The second kappa shape index (κ2) is 6.03. The third kappa shape index (κ3) is 4.75. The van der Waals surface area contributed by atoms with Crippen LogP contribution in [0.5, 0.6) is 5.75 Å². The summed E-state index contributed by atoms with van der Waals surface area (Å²) in [5.41, 5.74) is 0.459. The van der Waals surface area contributed by atoms with E-state index in [1.54, 1.807) is 13.8 Å². The number of ether oxygens (including phenoxy) is 1. The van der Waals surface area contributed by atoms with Crippen molar-refractivity contribution in [3.63, 3.8) is 0 Å². The molecule has 1 aromatic carbocycles. The monoisotopic (exact) mass is 237 g/mol. The lowest BCUT2D eigenvalue weighted by atomic mass is 10.0. The van der Waals surface area contributed by atoms with Crippen LogP contribution in [0.1, 0.15) is 38.8 Å². The van der Waals surface area contributed by atoms with Crippen molar-refractivity contribution in [2.45, 2.75) is 38.8 Å². The van der Waals surface area contributed by atoms with Crippen molar-refractivity contribution in [2.75, 3.05) is 13.7 Å². The van der Waals surface area contributed by atoms with Crippen molar-refractivity contribution < 1.29 is 9.84 Å². The molecule has 0 aliphatic carbocycles. The van der Waals surface area contributed by atoms with E-state index in [0.717, 1.165) is 12.2 Å². The number of nitrogens with one attached hydrogen (secondary N) is 1. The molecule has 1 rings (SSSR count). The molecule has 0 radical (unpaired) electrons. The highest BCUT2D eigenvalue weighted by Gasteiger charge is 2.13. The highest BCUT2D eigenvalue weighted by atomic mass is 16.5. The molecule has 2 N–H and O–H groups in total. The van der Waals surface area contributed by atoms with E-state index in [1.165, 1.54) is 5.56 Å². The van der Waals surface area contributed by atoms with Gasteiger partial charge in [0.05, 0.1) is 5.60 Å². The van der Waals surface area contributed by atoms with Gasteiger partial charge in [0.1, 0.15) is 12.4 Å². The highest BCUT2D eigenvalue weighted by Crippen LogP contribution is 2.20. The lowest BCUT2D eigenvalue weighted by Crippen LogP contribution is -2.27. The van der Waals surface area contributed by atoms with E-state index in [2.05, 4.69) is 24.4 Å². The first-order chi connectivity index (χ1) is 7.96. The predicted molar refractivity (Wildman–Crippen MR) is 70.3 cm³/mol. The topological polar surface area (TPSA) is 41.5 Å². The van der Waals surface area contributed by atoms with Crippen LogP contribution in [0.4, 0.5) is 0 Å². The van der Waals surface area contributed by atoms with Crippen molar-refractivity contribution >= 4 is 0 Å². The van der Waals surface area contributed by atoms with E-state index >= 15 is 0 Å². The van der Waals surface area contributed by atoms with E-state index < -0.39 is 5.60 Å². The summed E-state index contributed by atoms with van der Waals surface area (Å²) in [6.07, 6.45) is 1.06. The van der Waals surface area contributed by atoms with E-state index in [1.807, 2.05) is 19.2 Å². The molecule has 0 fully saturated rings. The lowest BCUT2D eigenvalue weighted by molar-refractivity contribution is 0.0285. The number of benzene rings is 1. The summed E-state index contributed by atoms with van der Waals surface area (Å²) in [5.74, 6) is 0.793. The maximum Gasteiger partial charge on any atom is 0.119 e. The van der Waals surface area contributed by atoms with Crippen molar-refractivity contribution in [2.24, 2.45) is 0 Å². The first kappa shape index (κ1) is 14.0. The molecule has 0 aliphatic rings. The molecule has 0 amide bonds. The van der Waals surface area contributed by atoms with Crippen LogP contribution in [0.2, 0.25) is 0 Å². The standard InChI is InChI=1S/C14H23NO2/c1-5-13(15-4)11-6-8-12(9-7-11)17-10-14(2,3)16/h6-9,13,15-16H,5,10H2,1-4H3. The molecule has 3 nitrogen and oxygen atoms in total. The molecule has 0 aliphatic heterocycles. The minimum absolute atomic E-state index is 0.301. The molecular formula is C14H23NO2. The molecule has 0 saturated carbocycles. The number of rotatable bonds is 6. The number of aliphatic hydroxyl groups is 1. The van der Waals surface area contributed by atoms with Gasteiger partial charge >= 0.3 is 0 Å². The molecule has 0 bridgehead atoms. The maximum atomic E-state index is 9.56. The Balaban J connectivity index is 2.62. The van der Waals surface area contributed by atoms with Crippen LogP contribution in [0.3, 0.4) is 0 Å². The molecule has 1 unspecified atom stereocenters. The second-order valence-corrected chi connectivity index (χ2v) is 4.92. The van der Waals surface area contributed by atoms with Gasteiger partial charge in [0.2, 0.25) is 0 Å². The summed E-state index contributed by atoms with van der Waals surface area (Å²) in [5, 5.41) is 12.8. The molecule has 1 atom stereocenters. The van der Waals surface area contributed by atoms with Gasteiger partial charge in [0, 0.05) is 6.04 Å². The van der Waals surface area contributed by atoms with Crippen molar-refractivity contribution in [1.29, 1.82) is 0 Å². The average Bonchev–Trinajstić information content (AvgIpc) is 2.29. The SMILES string of the molecule is CCC(NC)c1ccc(OCC(C)(C)O)cc1. The van der Waals surface area contributed by atoms with Crippen LogP contribution in [-0.4, -0.2) is 24.4 Å². The Morgan fingerprint density at radius 2 is 1.88 bits per heavy atom. The van der Waals surface area contributed by atoms with Crippen LogP contribution < -0.4 is 10.1 Å². The van der Waals surface area contributed by atoms with Gasteiger partial charge in [-0.2, -0.15) is 0 Å². The molecule has 0 aromatic heterocycles. The Hall–Kier alpha value is -1.06. The Morgan fingerprint density at radius 1 is 1.29 bits per heavy atom. The zero-order chi connectivity index (χ0) is 12.9. The third-order valence-corrected chi connectivity index (χ3v) is 2.63. The van der Waals surface area contributed by atoms with Gasteiger partial charge < -0.3 is 15.2 Å². The van der Waals surface area contributed by atoms with E-state index in [-0.39, 0.29) is 0 Å². The summed E-state index contributed by atoms with van der Waals surface area (Å²) in [6, 6.07) is 8.40. The van der Waals surface area contributed by atoms with Gasteiger partial charge in [-0.05, 0) is 45.0 Å². The molecule has 0 spiro atoms. The molecule has 96 valence electrons. The summed E-state index contributed by atoms with van der Waals surface area (Å²) >= 11 is 0. The zero-order valence-corrected chi connectivity index (χ0v) is 11.2. The first-order valence-electron chi connectivity index (χ1n) is 6.08. The quantitative estimate of drug-likeness (QED) is 0.798. The van der Waals surface area contributed by atoms with Crippen molar-refractivity contribution in [1.82, 2.24) is 5.32 Å². The summed E-state index contributed by atoms with van der Waals surface area (Å²) in [6.45, 7) is 5.92. The van der Waals surface area contributed by atoms with Crippen molar-refractivity contribution in [3.8, 4) is 5.75 Å². The van der Waals surface area contributed by atoms with E-state index in [4.69, 9.17) is 4.74 Å². The van der Waals surface area contributed by atoms with Crippen LogP contribution >= 0.6 is 0 Å². The molecule has 3 heteroatoms. The minimum atomic E-state index is -0.796. The Labute approximate surface area is 104 Å². The Morgan fingerprint density at radius 3 is 2.29 bits per heavy atom. The van der Waals surface area contributed by atoms with Gasteiger partial charge in [0.25, 0.3) is 0 Å². The normalized spacial score (nSPS) is 13.5. The van der Waals surface area contributed by atoms with Gasteiger partial charge in [0.15, 0.2) is 0 Å². The molecule has 1 aromatic rings. The lowest BCUT2D eigenvalue weighted by Gasteiger charge is -2.18. The molecular weight excluding hydrogens is 214 g/mol. The molecule has 17 heavy (non-hydrogen) atoms. The first-order valence-corrected chi connectivity index (χ1v) is 6.08. The zero-order valence-electron chi connectivity index (χ0n) is 11.2. The average molecular weight is 237 g/mol. The Kier molecular flexibility index (Phi) is 4.97. The van der Waals surface area contributed by atoms with Gasteiger partial charge in [-0.3, -0.25) is 0 Å². The number of hydrogen-bond acceptors (Lipinski definition) is 3. The molecule has 0 saturated heterocycles. The fraction of sp³-hybridized carbons (Fsp3) is 0.571. The number of hydrogen-bond donors (Lipinski definition) is 2. The van der Waals surface area contributed by atoms with Crippen LogP contribution in [0, 0.1) is 0 Å². The summed E-state index contributed by atoms with van der Waals surface area (Å²) < 4.78 is 5.50. The van der Waals surface area contributed by atoms with Crippen LogP contribution in [0.15, 0.2) is 24.3 Å². The van der Waals surface area contributed by atoms with Crippen molar-refractivity contribution in [3.05, 3.63) is 29.8 Å². The van der Waals surface area contributed by atoms with Crippen LogP contribution in [-0.2, 0) is 0 Å². The molecule has 0 heterocycles. The summed E-state index contributed by atoms with van der Waals surface area (Å²) in [4.78, 5) is 0. The highest BCUT2D eigenvalue weighted by molar-refractivity contribution is 5.29. The fourth-order valence-electron chi connectivity index (χ4n) is 1.66. The van der Waals surface area contributed by atoms with E-state index in [9.17, 15) is 5.11 Å².